The third-order valence-corrected chi connectivity index (χ3v) is 6.15. The fourth-order valence-corrected chi connectivity index (χ4v) is 4.32. The summed E-state index contributed by atoms with van der Waals surface area (Å²) < 4.78 is 0. The van der Waals surface area contributed by atoms with Crippen LogP contribution in [0.3, 0.4) is 0 Å². The van der Waals surface area contributed by atoms with E-state index in [9.17, 15) is 24.0 Å². The minimum Gasteiger partial charge on any atom is -0.322 e. The summed E-state index contributed by atoms with van der Waals surface area (Å²) in [6.07, 6.45) is 5.59. The van der Waals surface area contributed by atoms with Crippen molar-refractivity contribution in [3.63, 3.8) is 0 Å². The van der Waals surface area contributed by atoms with Crippen LogP contribution in [0.1, 0.15) is 31.7 Å². The normalized spacial score (nSPS) is 27.5. The molecule has 4 rings (SSSR count). The number of nitrogens with zero attached hydrogens (tertiary/aromatic N) is 2. The SMILES string of the molecule is C[C@]1(CCc2ccccc2)NC(=O)N(NC(=O)CN2C(=O)[C@H]3CC=CC[C@@H]3C2=O)C1=O. The van der Waals surface area contributed by atoms with Gasteiger partial charge in [-0.2, -0.15) is 5.01 Å². The fraction of sp³-hybridized carbons (Fsp3) is 0.409. The van der Waals surface area contributed by atoms with Crippen LogP contribution in [0, 0.1) is 11.8 Å². The monoisotopic (exact) mass is 424 g/mol. The Morgan fingerprint density at radius 1 is 1.06 bits per heavy atom. The minimum atomic E-state index is -1.17. The van der Waals surface area contributed by atoms with Gasteiger partial charge in [0.2, 0.25) is 11.8 Å². The second kappa shape index (κ2) is 7.98. The molecule has 2 aliphatic heterocycles. The van der Waals surface area contributed by atoms with Gasteiger partial charge in [0.25, 0.3) is 11.8 Å². The summed E-state index contributed by atoms with van der Waals surface area (Å²) in [7, 11) is 0. The number of rotatable bonds is 6. The predicted molar refractivity (Wildman–Crippen MR) is 109 cm³/mol. The van der Waals surface area contributed by atoms with Crippen LogP contribution >= 0.6 is 0 Å². The Morgan fingerprint density at radius 2 is 1.68 bits per heavy atom. The molecule has 2 fully saturated rings. The number of benzene rings is 1. The van der Waals surface area contributed by atoms with Crippen LogP contribution in [0.4, 0.5) is 4.79 Å². The highest BCUT2D eigenvalue weighted by atomic mass is 16.2. The Bertz CT molecular complexity index is 949. The summed E-state index contributed by atoms with van der Waals surface area (Å²) >= 11 is 0. The first-order chi connectivity index (χ1) is 14.8. The number of fused-ring (bicyclic) bond motifs is 1. The van der Waals surface area contributed by atoms with E-state index >= 15 is 0 Å². The first-order valence-electron chi connectivity index (χ1n) is 10.3. The van der Waals surface area contributed by atoms with Gasteiger partial charge in [0.1, 0.15) is 12.1 Å². The average molecular weight is 424 g/mol. The van der Waals surface area contributed by atoms with Gasteiger partial charge in [-0.05, 0) is 38.2 Å². The van der Waals surface area contributed by atoms with Crippen molar-refractivity contribution in [2.24, 2.45) is 11.8 Å². The van der Waals surface area contributed by atoms with Crippen molar-refractivity contribution in [1.82, 2.24) is 20.7 Å². The number of carbonyl (C=O) groups is 5. The fourth-order valence-electron chi connectivity index (χ4n) is 4.32. The zero-order valence-electron chi connectivity index (χ0n) is 17.2. The summed E-state index contributed by atoms with van der Waals surface area (Å²) in [5, 5.41) is 3.26. The molecule has 2 heterocycles. The second-order valence-electron chi connectivity index (χ2n) is 8.34. The van der Waals surface area contributed by atoms with Crippen molar-refractivity contribution in [2.45, 2.75) is 38.1 Å². The summed E-state index contributed by atoms with van der Waals surface area (Å²) in [4.78, 5) is 63.6. The number of urea groups is 1. The molecule has 0 bridgehead atoms. The molecule has 1 aromatic carbocycles. The number of allylic oxidation sites excluding steroid dienone is 2. The third kappa shape index (κ3) is 3.83. The number of hydrogen-bond donors (Lipinski definition) is 2. The first-order valence-corrected chi connectivity index (χ1v) is 10.3. The minimum absolute atomic E-state index is 0.355. The van der Waals surface area contributed by atoms with Crippen LogP contribution in [0.2, 0.25) is 0 Å². The molecule has 31 heavy (non-hydrogen) atoms. The van der Waals surface area contributed by atoms with Crippen LogP contribution < -0.4 is 10.7 Å². The molecule has 3 aliphatic rings. The maximum absolute atomic E-state index is 12.8. The zero-order valence-corrected chi connectivity index (χ0v) is 17.2. The van der Waals surface area contributed by atoms with Crippen LogP contribution in [0.25, 0.3) is 0 Å². The lowest BCUT2D eigenvalue weighted by molar-refractivity contribution is -0.145. The van der Waals surface area contributed by atoms with Gasteiger partial charge >= 0.3 is 6.03 Å². The van der Waals surface area contributed by atoms with Crippen LogP contribution in [-0.4, -0.2) is 51.7 Å². The Hall–Kier alpha value is -3.49. The van der Waals surface area contributed by atoms with Crippen molar-refractivity contribution in [1.29, 1.82) is 0 Å². The van der Waals surface area contributed by atoms with Crippen LogP contribution in [-0.2, 0) is 25.6 Å². The van der Waals surface area contributed by atoms with Gasteiger partial charge < -0.3 is 5.32 Å². The van der Waals surface area contributed by atoms with E-state index in [0.29, 0.717) is 30.7 Å². The number of amides is 6. The molecule has 1 aliphatic carbocycles. The molecule has 0 aromatic heterocycles. The smallest absolute Gasteiger partial charge is 0.322 e. The molecule has 9 nitrogen and oxygen atoms in total. The van der Waals surface area contributed by atoms with Crippen molar-refractivity contribution in [3.8, 4) is 0 Å². The molecule has 9 heteroatoms. The van der Waals surface area contributed by atoms with E-state index in [4.69, 9.17) is 0 Å². The molecule has 0 radical (unpaired) electrons. The molecular formula is C22H24N4O5. The number of aryl methyl sites for hydroxylation is 1. The van der Waals surface area contributed by atoms with E-state index in [2.05, 4.69) is 10.7 Å². The molecule has 162 valence electrons. The highest BCUT2D eigenvalue weighted by molar-refractivity contribution is 6.09. The van der Waals surface area contributed by atoms with E-state index in [0.717, 1.165) is 10.5 Å². The lowest BCUT2D eigenvalue weighted by Crippen LogP contribution is -2.52. The largest absolute Gasteiger partial charge is 0.344 e. The number of hydrogen-bond acceptors (Lipinski definition) is 5. The lowest BCUT2D eigenvalue weighted by Gasteiger charge is -2.22. The van der Waals surface area contributed by atoms with Gasteiger partial charge in [-0.1, -0.05) is 42.5 Å². The number of hydrazine groups is 1. The Morgan fingerprint density at radius 3 is 2.29 bits per heavy atom. The molecule has 0 saturated carbocycles. The zero-order chi connectivity index (χ0) is 22.2. The van der Waals surface area contributed by atoms with Gasteiger partial charge in [0.05, 0.1) is 11.8 Å². The quantitative estimate of drug-likeness (QED) is 0.400. The number of carbonyl (C=O) groups excluding carboxylic acids is 5. The first kappa shape index (κ1) is 20.8. The lowest BCUT2D eigenvalue weighted by atomic mass is 9.85. The van der Waals surface area contributed by atoms with Crippen molar-refractivity contribution in [3.05, 3.63) is 48.0 Å². The summed E-state index contributed by atoms with van der Waals surface area (Å²) in [5.74, 6) is -3.02. The maximum Gasteiger partial charge on any atom is 0.344 e. The summed E-state index contributed by atoms with van der Waals surface area (Å²) in [6, 6.07) is 8.80. The summed E-state index contributed by atoms with van der Waals surface area (Å²) in [6.45, 7) is 1.08. The standard InChI is InChI=1S/C22H24N4O5/c1-22(12-11-14-7-3-2-4-8-14)20(30)26(21(31)23-22)24-17(27)13-25-18(28)15-9-5-6-10-16(15)19(25)29/h2-8,15-16H,9-13H2,1H3,(H,23,31)(H,24,27)/t15-,16-,22+/m0/s1. The van der Waals surface area contributed by atoms with E-state index in [-0.39, 0.29) is 11.8 Å². The average Bonchev–Trinajstić information content (AvgIpc) is 3.13. The highest BCUT2D eigenvalue weighted by Gasteiger charge is 2.50. The molecule has 2 N–H and O–H groups in total. The molecule has 2 saturated heterocycles. The highest BCUT2D eigenvalue weighted by Crippen LogP contribution is 2.34. The number of nitrogens with one attached hydrogen (secondary N) is 2. The second-order valence-corrected chi connectivity index (χ2v) is 8.34. The number of imide groups is 2. The van der Waals surface area contributed by atoms with E-state index in [1.54, 1.807) is 6.92 Å². The van der Waals surface area contributed by atoms with Crippen LogP contribution in [0.5, 0.6) is 0 Å². The van der Waals surface area contributed by atoms with Gasteiger partial charge in [-0.25, -0.2) is 4.79 Å². The molecule has 0 unspecified atom stereocenters. The van der Waals surface area contributed by atoms with Crippen LogP contribution in [0.15, 0.2) is 42.5 Å². The van der Waals surface area contributed by atoms with Crippen molar-refractivity contribution < 1.29 is 24.0 Å². The van der Waals surface area contributed by atoms with Gasteiger partial charge in [-0.3, -0.25) is 29.5 Å². The van der Waals surface area contributed by atoms with Crippen molar-refractivity contribution in [2.75, 3.05) is 6.54 Å². The van der Waals surface area contributed by atoms with Gasteiger partial charge in [0.15, 0.2) is 0 Å². The Labute approximate surface area is 179 Å². The van der Waals surface area contributed by atoms with E-state index < -0.39 is 41.8 Å². The summed E-state index contributed by atoms with van der Waals surface area (Å²) in [5.41, 5.74) is 2.11. The molecular weight excluding hydrogens is 400 g/mol. The Balaban J connectivity index is 1.37. The molecule has 0 spiro atoms. The predicted octanol–water partition coefficient (Wildman–Crippen LogP) is 0.912. The van der Waals surface area contributed by atoms with E-state index in [1.807, 2.05) is 42.5 Å². The molecule has 6 amide bonds. The topological polar surface area (TPSA) is 116 Å². The molecule has 3 atom stereocenters. The molecule has 1 aromatic rings. The third-order valence-electron chi connectivity index (χ3n) is 6.15. The van der Waals surface area contributed by atoms with Crippen molar-refractivity contribution >= 4 is 29.7 Å². The maximum atomic E-state index is 12.8. The Kier molecular flexibility index (Phi) is 5.34. The van der Waals surface area contributed by atoms with Gasteiger partial charge in [-0.15, -0.1) is 0 Å². The van der Waals surface area contributed by atoms with Gasteiger partial charge in [0, 0.05) is 0 Å². The van der Waals surface area contributed by atoms with E-state index in [1.165, 1.54) is 0 Å². The number of likely N-dealkylation sites (tertiary alicyclic amines) is 1.